The van der Waals surface area contributed by atoms with Gasteiger partial charge in [0, 0.05) is 37.5 Å². The molecule has 0 saturated carbocycles. The van der Waals surface area contributed by atoms with E-state index >= 15 is 0 Å². The molecule has 0 aliphatic rings. The maximum absolute atomic E-state index is 4.50. The molecule has 0 aromatic carbocycles. The van der Waals surface area contributed by atoms with Gasteiger partial charge in [-0.3, -0.25) is 4.68 Å². The minimum atomic E-state index is 0.712. The van der Waals surface area contributed by atoms with Gasteiger partial charge in [0.15, 0.2) is 0 Å². The van der Waals surface area contributed by atoms with Crippen molar-refractivity contribution < 1.29 is 0 Å². The third-order valence-corrected chi connectivity index (χ3v) is 3.36. The van der Waals surface area contributed by atoms with Crippen LogP contribution < -0.4 is 10.6 Å². The molecule has 0 amide bonds. The molecule has 2 rings (SSSR count). The second-order valence-corrected chi connectivity index (χ2v) is 5.29. The van der Waals surface area contributed by atoms with Crippen LogP contribution in [0.4, 0.5) is 11.6 Å². The molecule has 0 saturated heterocycles. The van der Waals surface area contributed by atoms with Crippen LogP contribution in [0, 0.1) is 20.8 Å². The molecule has 6 nitrogen and oxygen atoms in total. The summed E-state index contributed by atoms with van der Waals surface area (Å²) < 4.78 is 1.83. The van der Waals surface area contributed by atoms with Gasteiger partial charge in [-0.15, -0.1) is 0 Å². The first kappa shape index (κ1) is 15.3. The van der Waals surface area contributed by atoms with Crippen LogP contribution in [0.1, 0.15) is 36.0 Å². The molecule has 0 bridgehead atoms. The summed E-state index contributed by atoms with van der Waals surface area (Å²) in [6, 6.07) is 0. The molecule has 0 spiro atoms. The summed E-state index contributed by atoms with van der Waals surface area (Å²) in [5.74, 6) is 2.56. The highest BCUT2D eigenvalue weighted by molar-refractivity contribution is 5.57. The van der Waals surface area contributed by atoms with Crippen LogP contribution in [0.5, 0.6) is 0 Å². The maximum Gasteiger partial charge on any atom is 0.135 e. The average molecular weight is 288 g/mol. The Morgan fingerprint density at radius 2 is 1.76 bits per heavy atom. The zero-order chi connectivity index (χ0) is 15.4. The highest BCUT2D eigenvalue weighted by atomic mass is 15.3. The first-order valence-electron chi connectivity index (χ1n) is 7.33. The van der Waals surface area contributed by atoms with Crippen molar-refractivity contribution in [1.82, 2.24) is 19.7 Å². The highest BCUT2D eigenvalue weighted by Gasteiger charge is 2.10. The van der Waals surface area contributed by atoms with E-state index in [1.54, 1.807) is 0 Å². The molecule has 2 aromatic rings. The van der Waals surface area contributed by atoms with E-state index in [-0.39, 0.29) is 0 Å². The predicted octanol–water partition coefficient (Wildman–Crippen LogP) is 2.57. The smallest absolute Gasteiger partial charge is 0.135 e. The third kappa shape index (κ3) is 3.71. The summed E-state index contributed by atoms with van der Waals surface area (Å²) >= 11 is 0. The summed E-state index contributed by atoms with van der Waals surface area (Å²) in [4.78, 5) is 8.97. The number of hydrogen-bond donors (Lipinski definition) is 2. The van der Waals surface area contributed by atoms with Crippen LogP contribution in [-0.2, 0) is 13.6 Å². The van der Waals surface area contributed by atoms with Crippen LogP contribution in [0.25, 0.3) is 0 Å². The van der Waals surface area contributed by atoms with Crippen LogP contribution in [0.15, 0.2) is 6.20 Å². The van der Waals surface area contributed by atoms with Gasteiger partial charge in [0.05, 0.1) is 5.69 Å². The Hall–Kier alpha value is -2.11. The van der Waals surface area contributed by atoms with Crippen molar-refractivity contribution in [2.24, 2.45) is 7.05 Å². The van der Waals surface area contributed by atoms with Crippen molar-refractivity contribution in [2.75, 3.05) is 17.2 Å². The lowest BCUT2D eigenvalue weighted by atomic mass is 10.2. The standard InChI is InChI=1S/C15H24N6/c1-6-7-16-14-10(2)15(19-12(4)18-14)17-8-13-9-21(5)20-11(13)3/h9H,6-8H2,1-5H3,(H2,16,17,18,19). The fourth-order valence-electron chi connectivity index (χ4n) is 2.22. The first-order chi connectivity index (χ1) is 10.0. The van der Waals surface area contributed by atoms with Gasteiger partial charge in [0.2, 0.25) is 0 Å². The molecule has 0 aliphatic heterocycles. The van der Waals surface area contributed by atoms with Gasteiger partial charge in [0.25, 0.3) is 0 Å². The summed E-state index contributed by atoms with van der Waals surface area (Å²) in [5, 5.41) is 11.1. The molecule has 0 atom stereocenters. The van der Waals surface area contributed by atoms with Crippen molar-refractivity contribution in [1.29, 1.82) is 0 Å². The van der Waals surface area contributed by atoms with Gasteiger partial charge in [0.1, 0.15) is 17.5 Å². The van der Waals surface area contributed by atoms with Gasteiger partial charge < -0.3 is 10.6 Å². The van der Waals surface area contributed by atoms with E-state index in [1.807, 2.05) is 38.7 Å². The van der Waals surface area contributed by atoms with Crippen molar-refractivity contribution in [2.45, 2.75) is 40.7 Å². The number of rotatable bonds is 6. The Morgan fingerprint density at radius 3 is 2.33 bits per heavy atom. The molecule has 114 valence electrons. The van der Waals surface area contributed by atoms with E-state index in [9.17, 15) is 0 Å². The highest BCUT2D eigenvalue weighted by Crippen LogP contribution is 2.20. The normalized spacial score (nSPS) is 10.7. The Kier molecular flexibility index (Phi) is 4.77. The number of hydrogen-bond acceptors (Lipinski definition) is 5. The van der Waals surface area contributed by atoms with Crippen LogP contribution >= 0.6 is 0 Å². The monoisotopic (exact) mass is 288 g/mol. The summed E-state index contributed by atoms with van der Waals surface area (Å²) in [6.45, 7) is 9.74. The molecule has 0 fully saturated rings. The average Bonchev–Trinajstić information content (AvgIpc) is 2.76. The van der Waals surface area contributed by atoms with Gasteiger partial charge in [-0.25, -0.2) is 9.97 Å². The molecule has 2 aromatic heterocycles. The van der Waals surface area contributed by atoms with E-state index in [2.05, 4.69) is 32.6 Å². The van der Waals surface area contributed by atoms with Gasteiger partial charge in [-0.05, 0) is 27.2 Å². The molecule has 0 unspecified atom stereocenters. The fraction of sp³-hybridized carbons (Fsp3) is 0.533. The van der Waals surface area contributed by atoms with E-state index in [0.29, 0.717) is 6.54 Å². The van der Waals surface area contributed by atoms with Gasteiger partial charge in [-0.1, -0.05) is 6.92 Å². The first-order valence-corrected chi connectivity index (χ1v) is 7.33. The Morgan fingerprint density at radius 1 is 1.10 bits per heavy atom. The second-order valence-electron chi connectivity index (χ2n) is 5.29. The summed E-state index contributed by atoms with van der Waals surface area (Å²) in [5.41, 5.74) is 3.27. The zero-order valence-corrected chi connectivity index (χ0v) is 13.5. The van der Waals surface area contributed by atoms with Gasteiger partial charge >= 0.3 is 0 Å². The van der Waals surface area contributed by atoms with Crippen LogP contribution in [0.3, 0.4) is 0 Å². The summed E-state index contributed by atoms with van der Waals surface area (Å²) in [6.07, 6.45) is 3.10. The zero-order valence-electron chi connectivity index (χ0n) is 13.5. The topological polar surface area (TPSA) is 67.7 Å². The van der Waals surface area contributed by atoms with Gasteiger partial charge in [-0.2, -0.15) is 5.10 Å². The Bertz CT molecular complexity index is 617. The summed E-state index contributed by atoms with van der Waals surface area (Å²) in [7, 11) is 1.93. The third-order valence-electron chi connectivity index (χ3n) is 3.36. The quantitative estimate of drug-likeness (QED) is 0.855. The van der Waals surface area contributed by atoms with Crippen LogP contribution in [0.2, 0.25) is 0 Å². The SMILES string of the molecule is CCCNc1nc(C)nc(NCc2cn(C)nc2C)c1C. The molecule has 21 heavy (non-hydrogen) atoms. The lowest BCUT2D eigenvalue weighted by Crippen LogP contribution is -2.10. The van der Waals surface area contributed by atoms with Crippen LogP contribution in [-0.4, -0.2) is 26.3 Å². The Labute approximate surface area is 126 Å². The molecule has 2 heterocycles. The fourth-order valence-corrected chi connectivity index (χ4v) is 2.22. The lowest BCUT2D eigenvalue weighted by molar-refractivity contribution is 0.756. The molecule has 2 N–H and O–H groups in total. The number of aromatic nitrogens is 4. The number of nitrogens with zero attached hydrogens (tertiary/aromatic N) is 4. The molecular weight excluding hydrogens is 264 g/mol. The van der Waals surface area contributed by atoms with Crippen molar-refractivity contribution in [3.05, 3.63) is 28.8 Å². The van der Waals surface area contributed by atoms with E-state index in [1.165, 1.54) is 5.56 Å². The van der Waals surface area contributed by atoms with E-state index in [0.717, 1.165) is 41.7 Å². The predicted molar refractivity (Wildman–Crippen MR) is 85.6 cm³/mol. The molecular formula is C15H24N6. The van der Waals surface area contributed by atoms with E-state index < -0.39 is 0 Å². The van der Waals surface area contributed by atoms with E-state index in [4.69, 9.17) is 0 Å². The number of nitrogens with one attached hydrogen (secondary N) is 2. The molecule has 0 aliphatic carbocycles. The van der Waals surface area contributed by atoms with Crippen molar-refractivity contribution in [3.63, 3.8) is 0 Å². The van der Waals surface area contributed by atoms with Crippen molar-refractivity contribution in [3.8, 4) is 0 Å². The minimum absolute atomic E-state index is 0.712. The minimum Gasteiger partial charge on any atom is -0.370 e. The number of anilines is 2. The lowest BCUT2D eigenvalue weighted by Gasteiger charge is -2.13. The second kappa shape index (κ2) is 6.56. The Balaban J connectivity index is 2.15. The number of aryl methyl sites for hydroxylation is 3. The largest absolute Gasteiger partial charge is 0.370 e. The van der Waals surface area contributed by atoms with Crippen molar-refractivity contribution >= 4 is 11.6 Å². The molecule has 6 heteroatoms. The maximum atomic E-state index is 4.50. The molecule has 0 radical (unpaired) electrons.